The molecule has 7 heteroatoms. The van der Waals surface area contributed by atoms with Crippen molar-refractivity contribution in [2.45, 2.75) is 35.7 Å². The van der Waals surface area contributed by atoms with E-state index in [-0.39, 0.29) is 5.69 Å². The van der Waals surface area contributed by atoms with E-state index < -0.39 is 11.7 Å². The zero-order chi connectivity index (χ0) is 15.0. The molecule has 21 heavy (non-hydrogen) atoms. The van der Waals surface area contributed by atoms with Gasteiger partial charge in [0, 0.05) is 34.3 Å². The standard InChI is InChI=1S/C14H14F3N3S/c15-14(16,17)9-1-4-13(12(18)5-9)21-7-11-6-19-8-20(11)10-2-3-10/h1,4-6,8,10H,2-3,7,18H2. The van der Waals surface area contributed by atoms with Gasteiger partial charge in [0.05, 0.1) is 11.9 Å². The van der Waals surface area contributed by atoms with E-state index in [0.29, 0.717) is 16.7 Å². The maximum absolute atomic E-state index is 12.6. The number of thioether (sulfide) groups is 1. The van der Waals surface area contributed by atoms with Crippen LogP contribution >= 0.6 is 11.8 Å². The molecule has 1 saturated carbocycles. The van der Waals surface area contributed by atoms with Gasteiger partial charge in [-0.15, -0.1) is 11.8 Å². The van der Waals surface area contributed by atoms with Crippen molar-refractivity contribution >= 4 is 17.4 Å². The number of nitrogens with two attached hydrogens (primary N) is 1. The van der Waals surface area contributed by atoms with E-state index in [1.807, 2.05) is 6.33 Å². The number of alkyl halides is 3. The van der Waals surface area contributed by atoms with E-state index >= 15 is 0 Å². The van der Waals surface area contributed by atoms with Crippen molar-refractivity contribution < 1.29 is 13.2 Å². The second kappa shape index (κ2) is 5.29. The van der Waals surface area contributed by atoms with Crippen LogP contribution in [0.25, 0.3) is 0 Å². The Hall–Kier alpha value is -1.63. The fraction of sp³-hybridized carbons (Fsp3) is 0.357. The molecular weight excluding hydrogens is 299 g/mol. The molecule has 0 atom stereocenters. The van der Waals surface area contributed by atoms with Crippen LogP contribution in [0.3, 0.4) is 0 Å². The lowest BCUT2D eigenvalue weighted by atomic mass is 10.2. The highest BCUT2D eigenvalue weighted by molar-refractivity contribution is 7.98. The van der Waals surface area contributed by atoms with Gasteiger partial charge >= 0.3 is 6.18 Å². The molecule has 0 aliphatic heterocycles. The molecule has 1 aromatic carbocycles. The number of benzene rings is 1. The Morgan fingerprint density at radius 1 is 1.33 bits per heavy atom. The predicted octanol–water partition coefficient (Wildman–Crippen LogP) is 4.11. The van der Waals surface area contributed by atoms with Crippen LogP contribution in [0.2, 0.25) is 0 Å². The van der Waals surface area contributed by atoms with Gasteiger partial charge in [0.2, 0.25) is 0 Å². The van der Waals surface area contributed by atoms with Gasteiger partial charge in [0.1, 0.15) is 0 Å². The predicted molar refractivity (Wildman–Crippen MR) is 75.9 cm³/mol. The highest BCUT2D eigenvalue weighted by atomic mass is 32.2. The molecule has 3 nitrogen and oxygen atoms in total. The van der Waals surface area contributed by atoms with E-state index in [1.165, 1.54) is 17.8 Å². The van der Waals surface area contributed by atoms with Gasteiger partial charge in [0.25, 0.3) is 0 Å². The number of aromatic nitrogens is 2. The van der Waals surface area contributed by atoms with Crippen molar-refractivity contribution in [3.63, 3.8) is 0 Å². The van der Waals surface area contributed by atoms with E-state index in [4.69, 9.17) is 5.73 Å². The number of rotatable bonds is 4. The highest BCUT2D eigenvalue weighted by Crippen LogP contribution is 2.38. The van der Waals surface area contributed by atoms with Gasteiger partial charge < -0.3 is 10.3 Å². The summed E-state index contributed by atoms with van der Waals surface area (Å²) in [5.74, 6) is 0.645. The third-order valence-corrected chi connectivity index (χ3v) is 4.52. The summed E-state index contributed by atoms with van der Waals surface area (Å²) in [6, 6.07) is 4.02. The van der Waals surface area contributed by atoms with Crippen molar-refractivity contribution in [1.29, 1.82) is 0 Å². The van der Waals surface area contributed by atoms with Crippen LogP contribution in [-0.4, -0.2) is 9.55 Å². The van der Waals surface area contributed by atoms with Crippen molar-refractivity contribution in [3.8, 4) is 0 Å². The third-order valence-electron chi connectivity index (χ3n) is 3.40. The van der Waals surface area contributed by atoms with Crippen LogP contribution in [0.1, 0.15) is 30.1 Å². The summed E-state index contributed by atoms with van der Waals surface area (Å²) >= 11 is 1.43. The van der Waals surface area contributed by atoms with Crippen LogP contribution in [0.4, 0.5) is 18.9 Å². The largest absolute Gasteiger partial charge is 0.416 e. The van der Waals surface area contributed by atoms with Gasteiger partial charge in [-0.1, -0.05) is 0 Å². The number of nitrogen functional groups attached to an aromatic ring is 1. The zero-order valence-corrected chi connectivity index (χ0v) is 11.9. The number of imidazole rings is 1. The van der Waals surface area contributed by atoms with Crippen LogP contribution in [0.15, 0.2) is 35.6 Å². The van der Waals surface area contributed by atoms with E-state index in [0.717, 1.165) is 30.7 Å². The topological polar surface area (TPSA) is 43.8 Å². The van der Waals surface area contributed by atoms with E-state index in [1.54, 1.807) is 6.20 Å². The number of hydrogen-bond acceptors (Lipinski definition) is 3. The zero-order valence-electron chi connectivity index (χ0n) is 11.1. The van der Waals surface area contributed by atoms with Gasteiger partial charge in [-0.2, -0.15) is 13.2 Å². The first kappa shape index (κ1) is 14.3. The first-order valence-electron chi connectivity index (χ1n) is 6.55. The molecule has 0 unspecified atom stereocenters. The normalized spacial score (nSPS) is 15.4. The summed E-state index contributed by atoms with van der Waals surface area (Å²) in [7, 11) is 0. The summed E-state index contributed by atoms with van der Waals surface area (Å²) in [4.78, 5) is 4.79. The molecule has 112 valence electrons. The Morgan fingerprint density at radius 3 is 2.71 bits per heavy atom. The van der Waals surface area contributed by atoms with E-state index in [9.17, 15) is 13.2 Å². The summed E-state index contributed by atoms with van der Waals surface area (Å²) in [5, 5.41) is 0. The molecule has 0 amide bonds. The smallest absolute Gasteiger partial charge is 0.398 e. The lowest BCUT2D eigenvalue weighted by molar-refractivity contribution is -0.137. The Bertz CT molecular complexity index is 647. The van der Waals surface area contributed by atoms with Crippen molar-refractivity contribution in [2.75, 3.05) is 5.73 Å². The fourth-order valence-electron chi connectivity index (χ4n) is 2.13. The Kier molecular flexibility index (Phi) is 3.61. The minimum Gasteiger partial charge on any atom is -0.398 e. The van der Waals surface area contributed by atoms with Gasteiger partial charge in [-0.25, -0.2) is 4.98 Å². The molecule has 1 fully saturated rings. The molecule has 0 radical (unpaired) electrons. The third kappa shape index (κ3) is 3.18. The van der Waals surface area contributed by atoms with Crippen molar-refractivity contribution in [1.82, 2.24) is 9.55 Å². The number of nitrogens with zero attached hydrogens (tertiary/aromatic N) is 2. The molecule has 1 aromatic heterocycles. The van der Waals surface area contributed by atoms with Crippen LogP contribution < -0.4 is 5.73 Å². The average molecular weight is 313 g/mol. The molecule has 2 aromatic rings. The lowest BCUT2D eigenvalue weighted by Gasteiger charge is -2.11. The first-order chi connectivity index (χ1) is 9.95. The molecule has 0 spiro atoms. The summed E-state index contributed by atoms with van der Waals surface area (Å²) < 4.78 is 39.9. The fourth-order valence-corrected chi connectivity index (χ4v) is 3.05. The second-order valence-corrected chi connectivity index (χ2v) is 6.08. The highest BCUT2D eigenvalue weighted by Gasteiger charge is 2.31. The molecule has 1 aliphatic carbocycles. The monoisotopic (exact) mass is 313 g/mol. The molecule has 0 bridgehead atoms. The summed E-state index contributed by atoms with van der Waals surface area (Å²) in [5.41, 5.74) is 6.24. The maximum atomic E-state index is 12.6. The number of hydrogen-bond donors (Lipinski definition) is 1. The lowest BCUT2D eigenvalue weighted by Crippen LogP contribution is -2.06. The SMILES string of the molecule is Nc1cc(C(F)(F)F)ccc1SCc1cncn1C1CC1. The second-order valence-electron chi connectivity index (χ2n) is 5.06. The minimum atomic E-state index is -4.36. The molecule has 0 saturated heterocycles. The Balaban J connectivity index is 1.72. The van der Waals surface area contributed by atoms with Gasteiger partial charge in [-0.05, 0) is 31.0 Å². The molecule has 1 heterocycles. The maximum Gasteiger partial charge on any atom is 0.416 e. The Morgan fingerprint density at radius 2 is 2.10 bits per heavy atom. The average Bonchev–Trinajstić information content (AvgIpc) is 3.15. The minimum absolute atomic E-state index is 0.160. The molecule has 1 aliphatic rings. The van der Waals surface area contributed by atoms with Crippen LogP contribution in [0.5, 0.6) is 0 Å². The Labute approximate surface area is 124 Å². The van der Waals surface area contributed by atoms with Crippen LogP contribution in [0, 0.1) is 0 Å². The van der Waals surface area contributed by atoms with Gasteiger partial charge in [-0.3, -0.25) is 0 Å². The van der Waals surface area contributed by atoms with Gasteiger partial charge in [0.15, 0.2) is 0 Å². The van der Waals surface area contributed by atoms with E-state index in [2.05, 4.69) is 9.55 Å². The molecule has 2 N–H and O–H groups in total. The quantitative estimate of drug-likeness (QED) is 0.682. The number of halogens is 3. The summed E-state index contributed by atoms with van der Waals surface area (Å²) in [6.07, 6.45) is 1.57. The molecular formula is C14H14F3N3S. The van der Waals surface area contributed by atoms with Crippen molar-refractivity contribution in [2.24, 2.45) is 0 Å². The number of anilines is 1. The van der Waals surface area contributed by atoms with Crippen LogP contribution in [-0.2, 0) is 11.9 Å². The first-order valence-corrected chi connectivity index (χ1v) is 7.54. The summed E-state index contributed by atoms with van der Waals surface area (Å²) in [6.45, 7) is 0. The molecule has 3 rings (SSSR count). The van der Waals surface area contributed by atoms with Crippen molar-refractivity contribution in [3.05, 3.63) is 42.0 Å².